The van der Waals surface area contributed by atoms with Crippen LogP contribution in [-0.4, -0.2) is 112 Å². The van der Waals surface area contributed by atoms with Crippen LogP contribution in [0.15, 0.2) is 0 Å². The summed E-state index contributed by atoms with van der Waals surface area (Å²) >= 11 is 1.00. The first-order chi connectivity index (χ1) is 20.2. The van der Waals surface area contributed by atoms with Crippen molar-refractivity contribution in [1.29, 1.82) is 0 Å². The molecule has 0 N–H and O–H groups in total. The Morgan fingerprint density at radius 3 is 1.80 bits per heavy atom. The molecule has 3 rings (SSSR count). The predicted molar refractivity (Wildman–Crippen MR) is 170 cm³/mol. The van der Waals surface area contributed by atoms with Gasteiger partial charge in [0.15, 0.2) is 0 Å². The molecule has 46 heavy (non-hydrogen) atoms. The summed E-state index contributed by atoms with van der Waals surface area (Å²) in [7, 11) is -2.57. The van der Waals surface area contributed by atoms with Crippen molar-refractivity contribution in [3.8, 4) is 0 Å². The normalized spacial score (nSPS) is 33.5. The van der Waals surface area contributed by atoms with Crippen LogP contribution in [0.25, 0.3) is 4.85 Å². The number of hydrogen-bond donors (Lipinski definition) is 0. The van der Waals surface area contributed by atoms with E-state index in [-0.39, 0.29) is 167 Å². The summed E-state index contributed by atoms with van der Waals surface area (Å²) in [6, 6.07) is 0. The molecule has 11 atom stereocenters. The van der Waals surface area contributed by atoms with E-state index in [1.54, 1.807) is 0 Å². The van der Waals surface area contributed by atoms with Crippen molar-refractivity contribution >= 4 is 31.8 Å². The van der Waals surface area contributed by atoms with Gasteiger partial charge in [-0.25, -0.2) is 11.1 Å². The molecule has 2 unspecified atom stereocenters. The van der Waals surface area contributed by atoms with Gasteiger partial charge in [-0.15, -0.1) is 0 Å². The van der Waals surface area contributed by atoms with Gasteiger partial charge in [-0.3, -0.25) is 23.8 Å². The van der Waals surface area contributed by atoms with E-state index in [9.17, 15) is 4.57 Å². The average Bonchev–Trinajstić information content (AvgIpc) is 3.54. The Hall–Kier alpha value is 3.32. The second-order valence-corrected chi connectivity index (χ2v) is 18.3. The number of rotatable bonds is 18. The van der Waals surface area contributed by atoms with Gasteiger partial charge in [0, 0.05) is 111 Å². The third kappa shape index (κ3) is 17.4. The van der Waals surface area contributed by atoms with Crippen molar-refractivity contribution in [3.63, 3.8) is 0 Å². The van der Waals surface area contributed by atoms with Crippen LogP contribution in [0, 0.1) is 25.8 Å². The van der Waals surface area contributed by atoms with Gasteiger partial charge >= 0.3 is 6.80 Å². The molecule has 0 bridgehead atoms. The zero-order valence-corrected chi connectivity index (χ0v) is 39.5. The minimum atomic E-state index is -3.73. The van der Waals surface area contributed by atoms with E-state index >= 15 is 0 Å². The van der Waals surface area contributed by atoms with Gasteiger partial charge in [-0.2, -0.15) is 0 Å². The Balaban J connectivity index is 0.00000675. The first kappa shape index (κ1) is 49.3. The fourth-order valence-electron chi connectivity index (χ4n) is 4.84. The molecule has 0 aliphatic carbocycles. The topological polar surface area (TPSA) is 105 Å². The van der Waals surface area contributed by atoms with Gasteiger partial charge in [-0.05, 0) is 57.4 Å². The number of hydrogen-bond acceptors (Lipinski definition) is 11. The molecular weight excluding hydrogens is 883 g/mol. The average molecular weight is 933 g/mol. The van der Waals surface area contributed by atoms with Crippen molar-refractivity contribution in [2.24, 2.45) is 0 Å². The summed E-state index contributed by atoms with van der Waals surface area (Å²) in [5.74, 6) is 0.293. The molecule has 3 aliphatic heterocycles. The molecule has 0 aromatic carbocycles. The van der Waals surface area contributed by atoms with Crippen LogP contribution in [0.4, 0.5) is 0 Å². The Morgan fingerprint density at radius 2 is 1.28 bits per heavy atom. The molecule has 0 spiro atoms. The summed E-state index contributed by atoms with van der Waals surface area (Å²) in [5, 5.41) is 0. The van der Waals surface area contributed by atoms with Gasteiger partial charge < -0.3 is 42.1 Å². The van der Waals surface area contributed by atoms with Gasteiger partial charge in [0.05, 0.1) is 50.0 Å². The zero-order valence-electron chi connectivity index (χ0n) is 28.4. The molecule has 11 nitrogen and oxygen atoms in total. The minimum absolute atomic E-state index is 0. The zero-order chi connectivity index (χ0) is 31.8. The van der Waals surface area contributed by atoms with Crippen molar-refractivity contribution in [1.82, 2.24) is 0 Å². The second kappa shape index (κ2) is 23.9. The smallest absolute Gasteiger partial charge is 0.387 e. The van der Waals surface area contributed by atoms with Gasteiger partial charge in [0.1, 0.15) is 7.34 Å². The molecule has 0 amide bonds. The number of nitrogens with zero attached hydrogens (tertiary/aromatic N) is 1. The molecule has 0 aromatic heterocycles. The Bertz CT molecular complexity index is 1010. The fraction of sp³-hybridized carbons (Fsp3) is 0.828. The summed E-state index contributed by atoms with van der Waals surface area (Å²) in [5.41, 5.74) is 0. The maximum absolute atomic E-state index is 14.0. The van der Waals surface area contributed by atoms with E-state index in [2.05, 4.69) is 11.1 Å². The van der Waals surface area contributed by atoms with E-state index in [1.807, 2.05) is 74.4 Å². The molecular formula is C29H50NO10P2SY3-3. The van der Waals surface area contributed by atoms with Gasteiger partial charge in [-0.1, -0.05) is 45.4 Å². The number of ether oxygens (including phenoxy) is 5. The molecule has 3 saturated heterocycles. The molecule has 0 saturated carbocycles. The third-order valence-electron chi connectivity index (χ3n) is 6.63. The van der Waals surface area contributed by atoms with E-state index in [1.165, 1.54) is 0 Å². The monoisotopic (exact) mass is 933 g/mol. The summed E-state index contributed by atoms with van der Waals surface area (Å²) in [6.07, 6.45) is 7.12. The summed E-state index contributed by atoms with van der Waals surface area (Å²) in [4.78, 5) is 3.38. The van der Waals surface area contributed by atoms with Crippen molar-refractivity contribution in [3.05, 3.63) is 30.7 Å². The first-order valence-electron chi connectivity index (χ1n) is 14.9. The Kier molecular flexibility index (Phi) is 25.6. The van der Waals surface area contributed by atoms with Crippen LogP contribution in [0.5, 0.6) is 0 Å². The van der Waals surface area contributed by atoms with Crippen molar-refractivity contribution in [2.75, 3.05) is 38.8 Å². The molecule has 3 radical (unpaired) electrons. The van der Waals surface area contributed by atoms with E-state index in [4.69, 9.17) is 48.4 Å². The van der Waals surface area contributed by atoms with Crippen molar-refractivity contribution < 1.29 is 144 Å². The molecule has 3 fully saturated rings. The summed E-state index contributed by atoms with van der Waals surface area (Å²) in [6.45, 7) is 19.6. The molecule has 0 aromatic rings. The van der Waals surface area contributed by atoms with Gasteiger partial charge in [0.25, 0.3) is 0 Å². The van der Waals surface area contributed by atoms with Crippen LogP contribution in [0.3, 0.4) is 0 Å². The molecule has 3 aliphatic rings. The second-order valence-electron chi connectivity index (χ2n) is 11.7. The van der Waals surface area contributed by atoms with Crippen LogP contribution >= 0.6 is 25.5 Å². The third-order valence-corrected chi connectivity index (χ3v) is 11.7. The molecule has 17 heteroatoms. The quantitative estimate of drug-likeness (QED) is 0.0970. The maximum atomic E-state index is 14.0. The summed E-state index contributed by atoms with van der Waals surface area (Å²) < 4.78 is 68.3. The van der Waals surface area contributed by atoms with E-state index in [0.29, 0.717) is 12.4 Å². The SMILES string of the molecule is [C-]#[N+]CCSP(=O)(OC[C@H]1O[C@@H](C)[CH-][C@H]1OC(C)C)O[C@@H]1[CH-][C@H](C)O[C@@H]1COP(=C)(C)O[C@@H]1[CH-][C@H](C)O[C@@H]1COC(C)C.[Y].[Y].[Y]. The first-order valence-corrected chi connectivity index (χ1v) is 20.3. The van der Waals surface area contributed by atoms with Crippen LogP contribution < -0.4 is 0 Å². The Labute approximate surface area is 357 Å². The molecule has 3 heterocycles. The fourth-order valence-corrected chi connectivity index (χ4v) is 9.31. The van der Waals surface area contributed by atoms with Crippen LogP contribution in [0.1, 0.15) is 48.5 Å². The van der Waals surface area contributed by atoms with Gasteiger partial charge in [0.2, 0.25) is 6.54 Å². The van der Waals surface area contributed by atoms with E-state index < -0.39 is 32.4 Å². The molecule has 259 valence electrons. The van der Waals surface area contributed by atoms with Crippen LogP contribution in [-0.2, 0) is 144 Å². The van der Waals surface area contributed by atoms with Crippen LogP contribution in [0.2, 0.25) is 0 Å². The van der Waals surface area contributed by atoms with Crippen molar-refractivity contribution in [2.45, 2.75) is 116 Å². The van der Waals surface area contributed by atoms with E-state index in [0.717, 1.165) is 11.4 Å². The minimum Gasteiger partial charge on any atom is -0.405 e. The Morgan fingerprint density at radius 1 is 0.804 bits per heavy atom. The maximum Gasteiger partial charge on any atom is 0.387 e. The predicted octanol–water partition coefficient (Wildman–Crippen LogP) is 5.65. The standard InChI is InChI=1S/C29H50NO10P2S.3Y/c1-19(2)32-16-27-25(14-22(6)36-27)39-41(9,10)33-17-29-26(15-23(7)38-29)40-42(31,43-12-11-30-8)34-18-28-24(35-20(3)4)13-21(5)37-28;;;/h13-15,19-29H,9,11-12,16-18H2,1-7,10H3;;;/q-3;;;/t21-,22-,23-,24+,25+,26+,27+,28+,29+,41?,42?;;;/m0.../s1. The largest absolute Gasteiger partial charge is 0.405 e.